The van der Waals surface area contributed by atoms with Crippen molar-refractivity contribution in [2.45, 2.75) is 13.5 Å². The third-order valence-electron chi connectivity index (χ3n) is 4.12. The number of ether oxygens (including phenoxy) is 2. The molecule has 1 aromatic heterocycles. The molecule has 148 valence electrons. The predicted octanol–water partition coefficient (Wildman–Crippen LogP) is 4.60. The summed E-state index contributed by atoms with van der Waals surface area (Å²) in [5.74, 6) is -2.07. The van der Waals surface area contributed by atoms with Crippen molar-refractivity contribution in [3.05, 3.63) is 64.4 Å². The predicted molar refractivity (Wildman–Crippen MR) is 101 cm³/mol. The number of carbonyl (C=O) groups is 1. The van der Waals surface area contributed by atoms with Crippen LogP contribution >= 0.6 is 11.6 Å². The van der Waals surface area contributed by atoms with Crippen molar-refractivity contribution in [3.8, 4) is 29.0 Å². The molecular weight excluding hydrogens is 404 g/mol. The lowest BCUT2D eigenvalue weighted by Gasteiger charge is -2.10. The third kappa shape index (κ3) is 3.91. The molecule has 0 amide bonds. The molecule has 0 N–H and O–H groups in total. The Morgan fingerprint density at radius 1 is 1.24 bits per heavy atom. The Balaban J connectivity index is 1.98. The highest BCUT2D eigenvalue weighted by molar-refractivity contribution is 6.32. The fourth-order valence-electron chi connectivity index (χ4n) is 2.76. The van der Waals surface area contributed by atoms with Crippen molar-refractivity contribution in [1.82, 2.24) is 9.55 Å². The van der Waals surface area contributed by atoms with Gasteiger partial charge in [-0.2, -0.15) is 5.26 Å². The van der Waals surface area contributed by atoms with E-state index in [1.54, 1.807) is 13.0 Å². The van der Waals surface area contributed by atoms with Crippen molar-refractivity contribution < 1.29 is 23.0 Å². The number of aromatic nitrogens is 2. The number of esters is 1. The molecule has 0 saturated heterocycles. The van der Waals surface area contributed by atoms with Crippen LogP contribution < -0.4 is 9.47 Å². The van der Waals surface area contributed by atoms with E-state index >= 15 is 0 Å². The number of halogens is 3. The summed E-state index contributed by atoms with van der Waals surface area (Å²) in [6, 6.07) is 9.38. The van der Waals surface area contributed by atoms with Crippen LogP contribution in [-0.4, -0.2) is 22.6 Å². The molecule has 0 fully saturated rings. The number of nitrogens with zero attached hydrogens (tertiary/aromatic N) is 3. The zero-order valence-electron chi connectivity index (χ0n) is 15.4. The maximum Gasteiger partial charge on any atom is 0.363 e. The van der Waals surface area contributed by atoms with Crippen LogP contribution in [0.15, 0.2) is 36.4 Å². The first-order valence-corrected chi connectivity index (χ1v) is 8.79. The van der Waals surface area contributed by atoms with E-state index in [4.69, 9.17) is 26.3 Å². The summed E-state index contributed by atoms with van der Waals surface area (Å²) in [5, 5.41) is 8.72. The number of hydrogen-bond donors (Lipinski definition) is 0. The Kier molecular flexibility index (Phi) is 5.80. The topological polar surface area (TPSA) is 77.1 Å². The fourth-order valence-corrected chi connectivity index (χ4v) is 3.02. The van der Waals surface area contributed by atoms with Gasteiger partial charge in [0.15, 0.2) is 22.4 Å². The molecule has 29 heavy (non-hydrogen) atoms. The Bertz CT molecular complexity index is 1140. The maximum absolute atomic E-state index is 14.0. The fraction of sp³-hybridized carbons (Fsp3) is 0.150. The van der Waals surface area contributed by atoms with E-state index in [0.717, 1.165) is 12.1 Å². The first-order valence-electron chi connectivity index (χ1n) is 8.41. The lowest BCUT2D eigenvalue weighted by atomic mass is 10.1. The van der Waals surface area contributed by atoms with Crippen molar-refractivity contribution in [1.29, 1.82) is 5.26 Å². The van der Waals surface area contributed by atoms with Crippen molar-refractivity contribution in [2.24, 2.45) is 0 Å². The normalized spacial score (nSPS) is 10.5. The summed E-state index contributed by atoms with van der Waals surface area (Å²) in [4.78, 5) is 16.8. The van der Waals surface area contributed by atoms with Crippen LogP contribution in [0.4, 0.5) is 8.78 Å². The number of rotatable bonds is 5. The first kappa shape index (κ1) is 20.3. The molecule has 0 saturated carbocycles. The molecule has 0 bridgehead atoms. The lowest BCUT2D eigenvalue weighted by molar-refractivity contribution is 0.0723. The van der Waals surface area contributed by atoms with E-state index in [1.807, 2.05) is 0 Å². The van der Waals surface area contributed by atoms with E-state index in [-0.39, 0.29) is 40.3 Å². The van der Waals surface area contributed by atoms with Crippen molar-refractivity contribution >= 4 is 17.6 Å². The zero-order valence-corrected chi connectivity index (χ0v) is 16.1. The van der Waals surface area contributed by atoms with Crippen LogP contribution in [0.25, 0.3) is 11.4 Å². The van der Waals surface area contributed by atoms with Crippen molar-refractivity contribution in [3.63, 3.8) is 0 Å². The molecule has 1 heterocycles. The van der Waals surface area contributed by atoms with Gasteiger partial charge in [-0.05, 0) is 37.3 Å². The molecule has 2 aromatic carbocycles. The van der Waals surface area contributed by atoms with E-state index in [9.17, 15) is 13.6 Å². The van der Waals surface area contributed by atoms with Crippen LogP contribution in [0.5, 0.6) is 11.5 Å². The Labute approximate surface area is 169 Å². The van der Waals surface area contributed by atoms with Gasteiger partial charge in [-0.15, -0.1) is 0 Å². The van der Waals surface area contributed by atoms with Gasteiger partial charge in [-0.3, -0.25) is 0 Å². The SMILES string of the molecule is CCn1c(-c2ccc(C#N)c(F)c2)nc(Cl)c1C(=O)Oc1ccc(OC)c(F)c1. The van der Waals surface area contributed by atoms with E-state index in [1.165, 1.54) is 35.9 Å². The first-order chi connectivity index (χ1) is 13.9. The Morgan fingerprint density at radius 2 is 2.00 bits per heavy atom. The van der Waals surface area contributed by atoms with Gasteiger partial charge in [0.05, 0.1) is 12.7 Å². The highest BCUT2D eigenvalue weighted by atomic mass is 35.5. The largest absolute Gasteiger partial charge is 0.494 e. The highest BCUT2D eigenvalue weighted by Crippen LogP contribution is 2.29. The van der Waals surface area contributed by atoms with E-state index < -0.39 is 17.6 Å². The van der Waals surface area contributed by atoms with Crippen LogP contribution in [-0.2, 0) is 6.54 Å². The number of nitriles is 1. The van der Waals surface area contributed by atoms with Crippen LogP contribution in [0.2, 0.25) is 5.15 Å². The molecule has 9 heteroatoms. The monoisotopic (exact) mass is 417 g/mol. The van der Waals surface area contributed by atoms with Gasteiger partial charge in [0.2, 0.25) is 0 Å². The molecule has 0 radical (unpaired) electrons. The number of imidazole rings is 1. The second-order valence-corrected chi connectivity index (χ2v) is 6.17. The minimum atomic E-state index is -0.853. The van der Waals surface area contributed by atoms with Gasteiger partial charge < -0.3 is 14.0 Å². The molecule has 0 atom stereocenters. The number of benzene rings is 2. The number of carbonyl (C=O) groups excluding carboxylic acids is 1. The molecule has 3 rings (SSSR count). The van der Waals surface area contributed by atoms with Crippen LogP contribution in [0.3, 0.4) is 0 Å². The smallest absolute Gasteiger partial charge is 0.363 e. The average Bonchev–Trinajstić information content (AvgIpc) is 3.04. The highest BCUT2D eigenvalue weighted by Gasteiger charge is 2.24. The standard InChI is InChI=1S/C20H14ClF2N3O3/c1-3-26-17(20(27)29-13-6-7-16(28-2)15(23)9-13)18(21)25-19(26)11-4-5-12(10-24)14(22)8-11/h4-9H,3H2,1-2H3. The van der Waals surface area contributed by atoms with Gasteiger partial charge in [0.1, 0.15) is 23.5 Å². The molecule has 0 aliphatic heterocycles. The molecule has 0 spiro atoms. The number of methoxy groups -OCH3 is 1. The van der Waals surface area contributed by atoms with Crippen molar-refractivity contribution in [2.75, 3.05) is 7.11 Å². The lowest BCUT2D eigenvalue weighted by Crippen LogP contribution is -2.15. The van der Waals surface area contributed by atoms with Crippen LogP contribution in [0, 0.1) is 23.0 Å². The quantitative estimate of drug-likeness (QED) is 0.448. The summed E-state index contributed by atoms with van der Waals surface area (Å²) in [6.07, 6.45) is 0. The van der Waals surface area contributed by atoms with E-state index in [0.29, 0.717) is 5.56 Å². The second kappa shape index (κ2) is 8.29. The molecular formula is C20H14ClF2N3O3. The molecule has 0 aliphatic rings. The van der Waals surface area contributed by atoms with Gasteiger partial charge >= 0.3 is 5.97 Å². The minimum Gasteiger partial charge on any atom is -0.494 e. The van der Waals surface area contributed by atoms with E-state index in [2.05, 4.69) is 4.98 Å². The minimum absolute atomic E-state index is 0.00607. The molecule has 0 unspecified atom stereocenters. The summed E-state index contributed by atoms with van der Waals surface area (Å²) in [5.41, 5.74) is 0.153. The average molecular weight is 418 g/mol. The van der Waals surface area contributed by atoms with Gasteiger partial charge in [-0.25, -0.2) is 18.6 Å². The third-order valence-corrected chi connectivity index (χ3v) is 4.38. The Hall–Kier alpha value is -3.44. The summed E-state index contributed by atoms with van der Waals surface area (Å²) >= 11 is 6.14. The van der Waals surface area contributed by atoms with Crippen LogP contribution in [0.1, 0.15) is 23.0 Å². The second-order valence-electron chi connectivity index (χ2n) is 5.81. The molecule has 0 aliphatic carbocycles. The molecule has 3 aromatic rings. The van der Waals surface area contributed by atoms with Gasteiger partial charge in [-0.1, -0.05) is 11.6 Å². The number of hydrogen-bond acceptors (Lipinski definition) is 5. The summed E-state index contributed by atoms with van der Waals surface area (Å²) in [7, 11) is 1.32. The van der Waals surface area contributed by atoms with Gasteiger partial charge in [0, 0.05) is 18.2 Å². The zero-order chi connectivity index (χ0) is 21.1. The summed E-state index contributed by atoms with van der Waals surface area (Å²) in [6.45, 7) is 2.02. The Morgan fingerprint density at radius 3 is 2.59 bits per heavy atom. The molecule has 6 nitrogen and oxygen atoms in total. The van der Waals surface area contributed by atoms with Gasteiger partial charge in [0.25, 0.3) is 0 Å². The summed E-state index contributed by atoms with van der Waals surface area (Å²) < 4.78 is 39.3. The maximum atomic E-state index is 14.0.